The smallest absolute Gasteiger partial charge is 0.321 e. The van der Waals surface area contributed by atoms with Gasteiger partial charge in [-0.15, -0.1) is 0 Å². The fourth-order valence-corrected chi connectivity index (χ4v) is 3.84. The molecule has 0 aliphatic heterocycles. The third-order valence-corrected chi connectivity index (χ3v) is 5.45. The van der Waals surface area contributed by atoms with E-state index < -0.39 is 22.0 Å². The van der Waals surface area contributed by atoms with Crippen molar-refractivity contribution in [3.63, 3.8) is 0 Å². The molecule has 1 aromatic rings. The molecule has 0 bridgehead atoms. The molecular weight excluding hydrogens is 353 g/mol. The standard InChI is InChI=1S/C13H17Cl2NO5S/c1-3-4-5-8(13(17)18)16-22(19,20)10-7-6-9(21-2)11(14)12(10)15/h6-8,16H,3-5H2,1-2H3,(H,17,18). The van der Waals surface area contributed by atoms with E-state index >= 15 is 0 Å². The highest BCUT2D eigenvalue weighted by atomic mass is 35.5. The SMILES string of the molecule is CCCCC(NS(=O)(=O)c1ccc(OC)c(Cl)c1Cl)C(=O)O. The third kappa shape index (κ3) is 4.49. The second-order valence-corrected chi connectivity index (χ2v) is 6.99. The molecule has 0 amide bonds. The summed E-state index contributed by atoms with van der Waals surface area (Å²) in [7, 11) is -2.75. The summed E-state index contributed by atoms with van der Waals surface area (Å²) in [5.41, 5.74) is 0. The van der Waals surface area contributed by atoms with E-state index in [1.54, 1.807) is 0 Å². The minimum Gasteiger partial charge on any atom is -0.495 e. The molecule has 0 radical (unpaired) electrons. The van der Waals surface area contributed by atoms with Gasteiger partial charge in [0.15, 0.2) is 0 Å². The zero-order valence-electron chi connectivity index (χ0n) is 12.1. The summed E-state index contributed by atoms with van der Waals surface area (Å²) >= 11 is 11.9. The molecule has 0 aliphatic carbocycles. The monoisotopic (exact) mass is 369 g/mol. The number of ether oxygens (including phenoxy) is 1. The Morgan fingerprint density at radius 3 is 2.50 bits per heavy atom. The Morgan fingerprint density at radius 2 is 2.00 bits per heavy atom. The van der Waals surface area contributed by atoms with Crippen molar-refractivity contribution in [3.05, 3.63) is 22.2 Å². The van der Waals surface area contributed by atoms with Crippen LogP contribution in [-0.2, 0) is 14.8 Å². The van der Waals surface area contributed by atoms with Crippen LogP contribution in [0.5, 0.6) is 5.75 Å². The number of carboxylic acids is 1. The van der Waals surface area contributed by atoms with Gasteiger partial charge < -0.3 is 9.84 Å². The van der Waals surface area contributed by atoms with Crippen LogP contribution in [0.1, 0.15) is 26.2 Å². The van der Waals surface area contributed by atoms with E-state index in [0.29, 0.717) is 6.42 Å². The fourth-order valence-electron chi connectivity index (χ4n) is 1.77. The van der Waals surface area contributed by atoms with Crippen LogP contribution in [0.25, 0.3) is 0 Å². The number of methoxy groups -OCH3 is 1. The molecule has 0 aromatic heterocycles. The predicted octanol–water partition coefficient (Wildman–Crippen LogP) is 2.92. The number of benzene rings is 1. The maximum atomic E-state index is 12.3. The van der Waals surface area contributed by atoms with Gasteiger partial charge in [0.05, 0.1) is 12.1 Å². The number of carbonyl (C=O) groups is 1. The molecule has 0 spiro atoms. The summed E-state index contributed by atoms with van der Waals surface area (Å²) in [5.74, 6) is -1.01. The number of hydrogen-bond donors (Lipinski definition) is 2. The van der Waals surface area contributed by atoms with Crippen molar-refractivity contribution in [3.8, 4) is 5.75 Å². The minimum atomic E-state index is -4.12. The van der Waals surface area contributed by atoms with Crippen molar-refractivity contribution >= 4 is 39.2 Å². The van der Waals surface area contributed by atoms with Gasteiger partial charge in [0.25, 0.3) is 0 Å². The number of halogens is 2. The van der Waals surface area contributed by atoms with Crippen molar-refractivity contribution in [1.82, 2.24) is 4.72 Å². The summed E-state index contributed by atoms with van der Waals surface area (Å²) in [4.78, 5) is 10.9. The van der Waals surface area contributed by atoms with Crippen LogP contribution in [0, 0.1) is 0 Å². The summed E-state index contributed by atoms with van der Waals surface area (Å²) in [6, 6.07) is 1.35. The largest absolute Gasteiger partial charge is 0.495 e. The lowest BCUT2D eigenvalue weighted by atomic mass is 10.1. The van der Waals surface area contributed by atoms with Gasteiger partial charge in [-0.25, -0.2) is 8.42 Å². The maximum Gasteiger partial charge on any atom is 0.321 e. The van der Waals surface area contributed by atoms with Crippen molar-refractivity contribution in [2.45, 2.75) is 37.1 Å². The average molecular weight is 370 g/mol. The van der Waals surface area contributed by atoms with E-state index in [0.717, 1.165) is 6.42 Å². The molecule has 1 rings (SSSR count). The number of hydrogen-bond acceptors (Lipinski definition) is 4. The van der Waals surface area contributed by atoms with Crippen LogP contribution in [0.4, 0.5) is 0 Å². The zero-order valence-corrected chi connectivity index (χ0v) is 14.4. The molecule has 1 unspecified atom stereocenters. The lowest BCUT2D eigenvalue weighted by Crippen LogP contribution is -2.40. The second kappa shape index (κ2) is 8.01. The zero-order chi connectivity index (χ0) is 16.9. The van der Waals surface area contributed by atoms with Gasteiger partial charge in [-0.1, -0.05) is 43.0 Å². The Labute approximate surface area is 139 Å². The van der Waals surface area contributed by atoms with Crippen molar-refractivity contribution in [1.29, 1.82) is 0 Å². The molecule has 0 heterocycles. The normalized spacial score (nSPS) is 12.9. The highest BCUT2D eigenvalue weighted by molar-refractivity contribution is 7.89. The van der Waals surface area contributed by atoms with E-state index in [2.05, 4.69) is 4.72 Å². The van der Waals surface area contributed by atoms with Gasteiger partial charge in [-0.2, -0.15) is 4.72 Å². The predicted molar refractivity (Wildman–Crippen MR) is 84.3 cm³/mol. The Morgan fingerprint density at radius 1 is 1.36 bits per heavy atom. The third-order valence-electron chi connectivity index (χ3n) is 2.96. The number of aliphatic carboxylic acids is 1. The first-order valence-corrected chi connectivity index (χ1v) is 8.75. The van der Waals surface area contributed by atoms with Gasteiger partial charge in [0.1, 0.15) is 21.7 Å². The summed E-state index contributed by atoms with van der Waals surface area (Å²) < 4.78 is 31.7. The first-order valence-electron chi connectivity index (χ1n) is 6.51. The van der Waals surface area contributed by atoms with Crippen LogP contribution in [0.2, 0.25) is 10.0 Å². The van der Waals surface area contributed by atoms with E-state index in [4.69, 9.17) is 33.0 Å². The Balaban J connectivity index is 3.13. The van der Waals surface area contributed by atoms with Gasteiger partial charge in [0, 0.05) is 0 Å². The van der Waals surface area contributed by atoms with Crippen molar-refractivity contribution < 1.29 is 23.1 Å². The van der Waals surface area contributed by atoms with Gasteiger partial charge >= 0.3 is 5.97 Å². The molecule has 0 saturated carbocycles. The summed E-state index contributed by atoms with van der Waals surface area (Å²) in [5, 5.41) is 8.85. The van der Waals surface area contributed by atoms with Crippen LogP contribution in [-0.4, -0.2) is 32.6 Å². The molecule has 0 aliphatic rings. The van der Waals surface area contributed by atoms with Crippen LogP contribution in [0.15, 0.2) is 17.0 Å². The first kappa shape index (κ1) is 19.0. The molecule has 0 fully saturated rings. The lowest BCUT2D eigenvalue weighted by molar-refractivity contribution is -0.139. The quantitative estimate of drug-likeness (QED) is 0.734. The number of rotatable bonds is 8. The number of sulfonamides is 1. The Kier molecular flexibility index (Phi) is 6.93. The molecule has 0 saturated heterocycles. The number of nitrogens with one attached hydrogen (secondary N) is 1. The van der Waals surface area contributed by atoms with E-state index in [1.807, 2.05) is 6.92 Å². The van der Waals surface area contributed by atoms with E-state index in [9.17, 15) is 13.2 Å². The Bertz CT molecular complexity index is 648. The van der Waals surface area contributed by atoms with E-state index in [1.165, 1.54) is 19.2 Å². The molecular formula is C13H17Cl2NO5S. The molecule has 2 N–H and O–H groups in total. The lowest BCUT2D eigenvalue weighted by Gasteiger charge is -2.16. The molecule has 22 heavy (non-hydrogen) atoms. The maximum absolute atomic E-state index is 12.3. The fraction of sp³-hybridized carbons (Fsp3) is 0.462. The van der Waals surface area contributed by atoms with Gasteiger partial charge in [-0.05, 0) is 18.6 Å². The van der Waals surface area contributed by atoms with Crippen LogP contribution >= 0.6 is 23.2 Å². The second-order valence-electron chi connectivity index (χ2n) is 4.55. The van der Waals surface area contributed by atoms with Gasteiger partial charge in [0.2, 0.25) is 10.0 Å². The first-order chi connectivity index (χ1) is 10.2. The van der Waals surface area contributed by atoms with Gasteiger partial charge in [-0.3, -0.25) is 4.79 Å². The van der Waals surface area contributed by atoms with Crippen LogP contribution < -0.4 is 9.46 Å². The topological polar surface area (TPSA) is 92.7 Å². The van der Waals surface area contributed by atoms with Crippen LogP contribution in [0.3, 0.4) is 0 Å². The number of unbranched alkanes of at least 4 members (excludes halogenated alkanes) is 1. The molecule has 9 heteroatoms. The number of carboxylic acid groups (broad SMARTS) is 1. The minimum absolute atomic E-state index is 0.0486. The van der Waals surface area contributed by atoms with Crippen molar-refractivity contribution in [2.75, 3.05) is 7.11 Å². The van der Waals surface area contributed by atoms with Crippen molar-refractivity contribution in [2.24, 2.45) is 0 Å². The molecule has 1 aromatic carbocycles. The highest BCUT2D eigenvalue weighted by Gasteiger charge is 2.28. The Hall–Kier alpha value is -1.02. The molecule has 124 valence electrons. The molecule has 6 nitrogen and oxygen atoms in total. The van der Waals surface area contributed by atoms with E-state index in [-0.39, 0.29) is 27.1 Å². The summed E-state index contributed by atoms with van der Waals surface area (Å²) in [6.07, 6.45) is 1.52. The average Bonchev–Trinajstić information content (AvgIpc) is 2.45. The summed E-state index contributed by atoms with van der Waals surface area (Å²) in [6.45, 7) is 1.88. The highest BCUT2D eigenvalue weighted by Crippen LogP contribution is 2.36. The molecule has 1 atom stereocenters.